The minimum absolute atomic E-state index is 0.354. The molecule has 0 N–H and O–H groups in total. The zero-order chi connectivity index (χ0) is 18.5. The third-order valence-corrected chi connectivity index (χ3v) is 5.44. The second-order valence-electron chi connectivity index (χ2n) is 6.08. The average Bonchev–Trinajstić information content (AvgIpc) is 3.43. The van der Waals surface area contributed by atoms with Crippen LogP contribution >= 0.6 is 22.9 Å². The fraction of sp³-hybridized carbons (Fsp3) is 0.200. The Morgan fingerprint density at radius 2 is 2.07 bits per heavy atom. The third kappa shape index (κ3) is 4.59. The molecule has 1 aromatic carbocycles. The first-order valence-corrected chi connectivity index (χ1v) is 9.89. The van der Waals surface area contributed by atoms with E-state index in [-0.39, 0.29) is 0 Å². The Morgan fingerprint density at radius 3 is 2.81 bits per heavy atom. The van der Waals surface area contributed by atoms with Gasteiger partial charge >= 0.3 is 0 Å². The van der Waals surface area contributed by atoms with Gasteiger partial charge in [-0.2, -0.15) is 0 Å². The van der Waals surface area contributed by atoms with Gasteiger partial charge in [-0.05, 0) is 42.0 Å². The number of aromatic nitrogens is 3. The molecule has 3 aromatic heterocycles. The Balaban J connectivity index is 1.27. The molecule has 27 heavy (non-hydrogen) atoms. The van der Waals surface area contributed by atoms with Crippen LogP contribution in [0.5, 0.6) is 5.75 Å². The number of imidazole rings is 1. The Kier molecular flexibility index (Phi) is 5.55. The van der Waals surface area contributed by atoms with Gasteiger partial charge in [0.2, 0.25) is 5.89 Å². The minimum Gasteiger partial charge on any atom is -0.487 e. The van der Waals surface area contributed by atoms with Crippen molar-refractivity contribution in [1.82, 2.24) is 14.5 Å². The van der Waals surface area contributed by atoms with Gasteiger partial charge < -0.3 is 13.7 Å². The van der Waals surface area contributed by atoms with Gasteiger partial charge in [0, 0.05) is 18.9 Å². The summed E-state index contributed by atoms with van der Waals surface area (Å²) < 4.78 is 13.4. The number of ether oxygens (including phenoxy) is 1. The first kappa shape index (κ1) is 17.8. The van der Waals surface area contributed by atoms with E-state index < -0.39 is 0 Å². The SMILES string of the molecule is Clc1ccsc1-c1nc(COc2ccc(CCCn3ccnc3)cc2)co1. The Labute approximate surface area is 166 Å². The molecule has 0 spiro atoms. The topological polar surface area (TPSA) is 53.1 Å². The van der Waals surface area contributed by atoms with Crippen LogP contribution in [-0.4, -0.2) is 14.5 Å². The summed E-state index contributed by atoms with van der Waals surface area (Å²) in [6, 6.07) is 10.0. The van der Waals surface area contributed by atoms with Gasteiger partial charge in [0.05, 0.1) is 11.3 Å². The molecule has 0 fully saturated rings. The summed E-state index contributed by atoms with van der Waals surface area (Å²) in [6.45, 7) is 1.33. The zero-order valence-electron chi connectivity index (χ0n) is 14.5. The van der Waals surface area contributed by atoms with Crippen LogP contribution in [0, 0.1) is 0 Å². The van der Waals surface area contributed by atoms with Gasteiger partial charge in [-0.25, -0.2) is 9.97 Å². The number of thiophene rings is 1. The largest absolute Gasteiger partial charge is 0.487 e. The minimum atomic E-state index is 0.354. The standard InChI is InChI=1S/C20H18ClN3O2S/c21-18-7-11-27-19(18)20-23-16(13-26-20)12-25-17-5-3-15(4-6-17)2-1-9-24-10-8-22-14-24/h3-8,10-11,13-14H,1-2,9,12H2. The lowest BCUT2D eigenvalue weighted by atomic mass is 10.1. The van der Waals surface area contributed by atoms with Crippen LogP contribution in [0.1, 0.15) is 17.7 Å². The number of aryl methyl sites for hydroxylation is 2. The molecule has 0 amide bonds. The predicted octanol–water partition coefficient (Wildman–Crippen LogP) is 5.46. The number of halogens is 1. The number of hydrogen-bond donors (Lipinski definition) is 0. The summed E-state index contributed by atoms with van der Waals surface area (Å²) in [5.41, 5.74) is 2.03. The van der Waals surface area contributed by atoms with Crippen molar-refractivity contribution in [1.29, 1.82) is 0 Å². The summed E-state index contributed by atoms with van der Waals surface area (Å²) in [7, 11) is 0. The van der Waals surface area contributed by atoms with Crippen LogP contribution in [0.25, 0.3) is 10.8 Å². The number of oxazole rings is 1. The second kappa shape index (κ2) is 8.41. The maximum absolute atomic E-state index is 6.11. The maximum atomic E-state index is 6.11. The van der Waals surface area contributed by atoms with E-state index in [4.69, 9.17) is 20.8 Å². The van der Waals surface area contributed by atoms with Gasteiger partial charge in [-0.3, -0.25) is 0 Å². The van der Waals surface area contributed by atoms with E-state index in [1.165, 1.54) is 16.9 Å². The molecule has 7 heteroatoms. The Hall–Kier alpha value is -2.57. The summed E-state index contributed by atoms with van der Waals surface area (Å²) >= 11 is 7.61. The highest BCUT2D eigenvalue weighted by Crippen LogP contribution is 2.32. The summed E-state index contributed by atoms with van der Waals surface area (Å²) in [4.78, 5) is 9.33. The Bertz CT molecular complexity index is 977. The van der Waals surface area contributed by atoms with E-state index in [2.05, 4.69) is 26.7 Å². The molecule has 0 aliphatic rings. The van der Waals surface area contributed by atoms with Crippen molar-refractivity contribution in [3.63, 3.8) is 0 Å². The first-order valence-electron chi connectivity index (χ1n) is 8.63. The maximum Gasteiger partial charge on any atom is 0.238 e. The molecule has 0 aliphatic carbocycles. The third-order valence-electron chi connectivity index (χ3n) is 4.11. The van der Waals surface area contributed by atoms with Crippen LogP contribution in [0.15, 0.2) is 65.1 Å². The first-order chi connectivity index (χ1) is 13.3. The molecule has 5 nitrogen and oxygen atoms in total. The molecule has 0 saturated carbocycles. The van der Waals surface area contributed by atoms with Crippen molar-refractivity contribution >= 4 is 22.9 Å². The summed E-state index contributed by atoms with van der Waals surface area (Å²) in [5.74, 6) is 1.34. The fourth-order valence-corrected chi connectivity index (χ4v) is 3.79. The van der Waals surface area contributed by atoms with Gasteiger partial charge in [0.15, 0.2) is 0 Å². The van der Waals surface area contributed by atoms with E-state index in [9.17, 15) is 0 Å². The van der Waals surface area contributed by atoms with Crippen LogP contribution in [-0.2, 0) is 19.6 Å². The smallest absolute Gasteiger partial charge is 0.238 e. The molecule has 0 unspecified atom stereocenters. The normalized spacial score (nSPS) is 11.0. The molecule has 3 heterocycles. The molecule has 4 rings (SSSR count). The van der Waals surface area contributed by atoms with E-state index in [0.29, 0.717) is 17.5 Å². The lowest BCUT2D eigenvalue weighted by Gasteiger charge is -2.06. The molecule has 0 saturated heterocycles. The van der Waals surface area contributed by atoms with Gasteiger partial charge in [-0.15, -0.1) is 11.3 Å². The van der Waals surface area contributed by atoms with Crippen molar-refractivity contribution in [3.05, 3.63) is 77.0 Å². The number of rotatable bonds is 8. The van der Waals surface area contributed by atoms with Crippen LogP contribution < -0.4 is 4.74 Å². The van der Waals surface area contributed by atoms with Gasteiger partial charge in [-0.1, -0.05) is 23.7 Å². The quantitative estimate of drug-likeness (QED) is 0.394. The molecular weight excluding hydrogens is 382 g/mol. The molecule has 0 aliphatic heterocycles. The number of hydrogen-bond acceptors (Lipinski definition) is 5. The van der Waals surface area contributed by atoms with Gasteiger partial charge in [0.25, 0.3) is 0 Å². The Morgan fingerprint density at radius 1 is 1.19 bits per heavy atom. The molecule has 138 valence electrons. The number of nitrogens with zero attached hydrogens (tertiary/aromatic N) is 3. The number of benzene rings is 1. The summed E-state index contributed by atoms with van der Waals surface area (Å²) in [5, 5.41) is 2.56. The second-order valence-corrected chi connectivity index (χ2v) is 7.40. The van der Waals surface area contributed by atoms with Crippen molar-refractivity contribution in [3.8, 4) is 16.5 Å². The average molecular weight is 400 g/mol. The zero-order valence-corrected chi connectivity index (χ0v) is 16.1. The van der Waals surface area contributed by atoms with Gasteiger partial charge in [0.1, 0.15) is 29.2 Å². The van der Waals surface area contributed by atoms with Crippen molar-refractivity contribution in [2.45, 2.75) is 26.0 Å². The van der Waals surface area contributed by atoms with Crippen LogP contribution in [0.4, 0.5) is 0 Å². The molecular formula is C20H18ClN3O2S. The van der Waals surface area contributed by atoms with E-state index in [1.54, 1.807) is 12.5 Å². The highest BCUT2D eigenvalue weighted by molar-refractivity contribution is 7.14. The van der Waals surface area contributed by atoms with Crippen LogP contribution in [0.2, 0.25) is 5.02 Å². The van der Waals surface area contributed by atoms with E-state index >= 15 is 0 Å². The molecule has 4 aromatic rings. The highest BCUT2D eigenvalue weighted by atomic mass is 35.5. The highest BCUT2D eigenvalue weighted by Gasteiger charge is 2.12. The summed E-state index contributed by atoms with van der Waals surface area (Å²) in [6.07, 6.45) is 9.34. The lowest BCUT2D eigenvalue weighted by Crippen LogP contribution is -1.98. The van der Waals surface area contributed by atoms with E-state index in [0.717, 1.165) is 35.7 Å². The lowest BCUT2D eigenvalue weighted by molar-refractivity contribution is 0.301. The predicted molar refractivity (Wildman–Crippen MR) is 106 cm³/mol. The van der Waals surface area contributed by atoms with Crippen molar-refractivity contribution in [2.24, 2.45) is 0 Å². The molecule has 0 radical (unpaired) electrons. The van der Waals surface area contributed by atoms with Crippen molar-refractivity contribution < 1.29 is 9.15 Å². The monoisotopic (exact) mass is 399 g/mol. The van der Waals surface area contributed by atoms with Crippen molar-refractivity contribution in [2.75, 3.05) is 0 Å². The van der Waals surface area contributed by atoms with Crippen LogP contribution in [0.3, 0.4) is 0 Å². The molecule has 0 atom stereocenters. The van der Waals surface area contributed by atoms with E-state index in [1.807, 2.05) is 36.1 Å². The fourth-order valence-electron chi connectivity index (χ4n) is 2.72. The molecule has 0 bridgehead atoms.